The van der Waals surface area contributed by atoms with Crippen LogP contribution in [-0.4, -0.2) is 45.7 Å². The number of ketones is 2. The fraction of sp³-hybridized carbons (Fsp3) is 0.810. The van der Waals surface area contributed by atoms with Gasteiger partial charge >= 0.3 is 0 Å². The van der Waals surface area contributed by atoms with Crippen molar-refractivity contribution in [2.24, 2.45) is 22.7 Å². The Kier molecular flexibility index (Phi) is 3.91. The molecule has 0 aromatic heterocycles. The molecule has 2 heterocycles. The maximum atomic E-state index is 13.2. The van der Waals surface area contributed by atoms with Crippen LogP contribution in [0.5, 0.6) is 0 Å². The predicted octanol–water partition coefficient (Wildman–Crippen LogP) is 2.12. The van der Waals surface area contributed by atoms with E-state index in [9.17, 15) is 19.8 Å². The van der Waals surface area contributed by atoms with E-state index < -0.39 is 28.6 Å². The number of ether oxygens (including phenoxy) is 2. The molecule has 2 N–H and O–H groups in total. The van der Waals surface area contributed by atoms with Gasteiger partial charge in [-0.1, -0.05) is 20.8 Å². The smallest absolute Gasteiger partial charge is 0.287 e. The van der Waals surface area contributed by atoms with Crippen molar-refractivity contribution in [3.05, 3.63) is 11.5 Å². The Labute approximate surface area is 159 Å². The fourth-order valence-corrected chi connectivity index (χ4v) is 6.16. The molecular weight excluding hydrogens is 348 g/mol. The first-order valence-electron chi connectivity index (χ1n) is 9.93. The summed E-state index contributed by atoms with van der Waals surface area (Å²) < 4.78 is 11.9. The average Bonchev–Trinajstić information content (AvgIpc) is 2.55. The minimum Gasteiger partial charge on any atom is -0.462 e. The van der Waals surface area contributed by atoms with E-state index in [1.165, 1.54) is 0 Å². The van der Waals surface area contributed by atoms with Crippen molar-refractivity contribution in [2.75, 3.05) is 0 Å². The monoisotopic (exact) mass is 378 g/mol. The summed E-state index contributed by atoms with van der Waals surface area (Å²) in [5.74, 6) is -0.335. The largest absolute Gasteiger partial charge is 0.462 e. The van der Waals surface area contributed by atoms with Gasteiger partial charge in [-0.3, -0.25) is 9.59 Å². The highest BCUT2D eigenvalue weighted by Gasteiger charge is 2.69. The number of aliphatic hydroxyl groups excluding tert-OH is 2. The number of allylic oxidation sites excluding steroid dienone is 1. The quantitative estimate of drug-likeness (QED) is 0.671. The van der Waals surface area contributed by atoms with Crippen LogP contribution in [0.4, 0.5) is 0 Å². The molecule has 6 heteroatoms. The lowest BCUT2D eigenvalue weighted by molar-refractivity contribution is -0.255. The Morgan fingerprint density at radius 3 is 2.30 bits per heavy atom. The van der Waals surface area contributed by atoms with Gasteiger partial charge in [0.15, 0.2) is 5.78 Å². The second-order valence-corrected chi connectivity index (χ2v) is 9.92. The van der Waals surface area contributed by atoms with Crippen LogP contribution in [0.25, 0.3) is 0 Å². The Morgan fingerprint density at radius 2 is 1.63 bits per heavy atom. The van der Waals surface area contributed by atoms with Gasteiger partial charge in [0, 0.05) is 24.2 Å². The molecule has 27 heavy (non-hydrogen) atoms. The van der Waals surface area contributed by atoms with Crippen molar-refractivity contribution in [3.8, 4) is 0 Å². The molecule has 0 radical (unpaired) electrons. The molecule has 0 aromatic rings. The number of rotatable bonds is 0. The van der Waals surface area contributed by atoms with Crippen molar-refractivity contribution in [1.29, 1.82) is 0 Å². The minimum atomic E-state index is -1.00. The van der Waals surface area contributed by atoms with Gasteiger partial charge in [-0.05, 0) is 38.0 Å². The molecule has 0 aromatic carbocycles. The molecule has 4 rings (SSSR count). The summed E-state index contributed by atoms with van der Waals surface area (Å²) >= 11 is 0. The standard InChI is InChI=1S/C21H30O6/c1-10-6-12(22)11-7-14-20(4)13(19(2,3)15(23)9-16(20)24)8-17(25)21(14,5)27-18(11)26-10/h10,13-15,17,23,25H,6-9H2,1-5H3/t10-,13-,14+,15-,17-,20-,21+/m1/s1. The number of hydrogen-bond donors (Lipinski definition) is 2. The van der Waals surface area contributed by atoms with Crippen LogP contribution >= 0.6 is 0 Å². The highest BCUT2D eigenvalue weighted by Crippen LogP contribution is 2.64. The third kappa shape index (κ3) is 2.32. The Hall–Kier alpha value is -1.40. The second kappa shape index (κ2) is 5.57. The van der Waals surface area contributed by atoms with E-state index in [0.717, 1.165) is 0 Å². The molecular formula is C21H30O6. The molecule has 0 unspecified atom stereocenters. The number of fused-ring (bicyclic) bond motifs is 3. The van der Waals surface area contributed by atoms with E-state index in [1.54, 1.807) is 0 Å². The maximum absolute atomic E-state index is 13.2. The summed E-state index contributed by atoms with van der Waals surface area (Å²) in [5, 5.41) is 21.6. The number of carbonyl (C=O) groups excluding carboxylic acids is 2. The summed E-state index contributed by atoms with van der Waals surface area (Å²) in [5.41, 5.74) is -1.80. The van der Waals surface area contributed by atoms with Gasteiger partial charge in [0.25, 0.3) is 5.95 Å². The minimum absolute atomic E-state index is 0.00596. The first-order chi connectivity index (χ1) is 12.4. The van der Waals surface area contributed by atoms with Crippen molar-refractivity contribution < 1.29 is 29.3 Å². The van der Waals surface area contributed by atoms with Gasteiger partial charge in [-0.2, -0.15) is 0 Å². The van der Waals surface area contributed by atoms with E-state index in [4.69, 9.17) is 9.47 Å². The van der Waals surface area contributed by atoms with Crippen molar-refractivity contribution >= 4 is 11.6 Å². The first-order valence-corrected chi connectivity index (χ1v) is 9.93. The third-order valence-corrected chi connectivity index (χ3v) is 8.08. The molecule has 0 bridgehead atoms. The lowest BCUT2D eigenvalue weighted by Crippen LogP contribution is -2.70. The van der Waals surface area contributed by atoms with E-state index in [2.05, 4.69) is 0 Å². The topological polar surface area (TPSA) is 93.1 Å². The van der Waals surface area contributed by atoms with Crippen LogP contribution in [0, 0.1) is 22.7 Å². The summed E-state index contributed by atoms with van der Waals surface area (Å²) in [6.07, 6.45) is -0.693. The zero-order chi connectivity index (χ0) is 19.9. The number of Topliss-reactive ketones (excluding diaryl/α,β-unsaturated/α-hetero) is 2. The summed E-state index contributed by atoms with van der Waals surface area (Å²) in [6, 6.07) is 0. The van der Waals surface area contributed by atoms with Gasteiger partial charge in [0.1, 0.15) is 17.5 Å². The SMILES string of the molecule is C[C@@H]1CC(=O)C2=C(O1)O[C@]1(C)[C@H](O)C[C@@H]3C(C)(C)[C@H](O)CC(=O)[C@@]3(C)[C@@H]1C2. The van der Waals surface area contributed by atoms with E-state index in [-0.39, 0.29) is 41.9 Å². The van der Waals surface area contributed by atoms with Gasteiger partial charge < -0.3 is 19.7 Å². The fourth-order valence-electron chi connectivity index (χ4n) is 6.16. The number of aliphatic hydroxyl groups is 2. The lowest BCUT2D eigenvalue weighted by atomic mass is 9.43. The van der Waals surface area contributed by atoms with Crippen LogP contribution in [0.3, 0.4) is 0 Å². The zero-order valence-electron chi connectivity index (χ0n) is 16.7. The predicted molar refractivity (Wildman–Crippen MR) is 96.4 cm³/mol. The van der Waals surface area contributed by atoms with Crippen LogP contribution in [0.2, 0.25) is 0 Å². The zero-order valence-corrected chi connectivity index (χ0v) is 16.7. The molecule has 0 amide bonds. The summed E-state index contributed by atoms with van der Waals surface area (Å²) in [4.78, 5) is 25.8. The van der Waals surface area contributed by atoms with Crippen LogP contribution < -0.4 is 0 Å². The molecule has 2 saturated carbocycles. The van der Waals surface area contributed by atoms with Gasteiger partial charge in [-0.15, -0.1) is 0 Å². The lowest BCUT2D eigenvalue weighted by Gasteiger charge is -2.64. The van der Waals surface area contributed by atoms with Crippen molar-refractivity contribution in [1.82, 2.24) is 0 Å². The van der Waals surface area contributed by atoms with Gasteiger partial charge in [0.2, 0.25) is 0 Å². The molecule has 2 fully saturated rings. The van der Waals surface area contributed by atoms with Crippen molar-refractivity contribution in [3.63, 3.8) is 0 Å². The third-order valence-electron chi connectivity index (χ3n) is 8.08. The highest BCUT2D eigenvalue weighted by molar-refractivity contribution is 5.97. The molecule has 2 aliphatic heterocycles. The Morgan fingerprint density at radius 1 is 0.963 bits per heavy atom. The molecule has 2 aliphatic carbocycles. The average molecular weight is 378 g/mol. The van der Waals surface area contributed by atoms with Crippen LogP contribution in [0.15, 0.2) is 11.5 Å². The van der Waals surface area contributed by atoms with Crippen LogP contribution in [0.1, 0.15) is 60.3 Å². The number of carbonyl (C=O) groups is 2. The summed E-state index contributed by atoms with van der Waals surface area (Å²) in [6.45, 7) is 9.52. The number of hydrogen-bond acceptors (Lipinski definition) is 6. The molecule has 6 nitrogen and oxygen atoms in total. The molecule has 4 aliphatic rings. The van der Waals surface area contributed by atoms with E-state index in [0.29, 0.717) is 24.8 Å². The van der Waals surface area contributed by atoms with Crippen LogP contribution in [-0.2, 0) is 19.1 Å². The Bertz CT molecular complexity index is 739. The maximum Gasteiger partial charge on any atom is 0.287 e. The highest BCUT2D eigenvalue weighted by atomic mass is 16.7. The first kappa shape index (κ1) is 18.9. The van der Waals surface area contributed by atoms with Gasteiger partial charge in [-0.25, -0.2) is 0 Å². The summed E-state index contributed by atoms with van der Waals surface area (Å²) in [7, 11) is 0. The Balaban J connectivity index is 1.83. The molecule has 0 saturated heterocycles. The molecule has 0 spiro atoms. The van der Waals surface area contributed by atoms with E-state index >= 15 is 0 Å². The van der Waals surface area contributed by atoms with Gasteiger partial charge in [0.05, 0.1) is 17.8 Å². The van der Waals surface area contributed by atoms with E-state index in [1.807, 2.05) is 34.6 Å². The second-order valence-electron chi connectivity index (χ2n) is 9.92. The normalized spacial score (nSPS) is 48.8. The molecule has 150 valence electrons. The van der Waals surface area contributed by atoms with Crippen molar-refractivity contribution in [2.45, 2.75) is 84.2 Å². The molecule has 7 atom stereocenters.